The molecule has 4 N–H and O–H groups in total. The second kappa shape index (κ2) is 73.4. The Bertz CT molecular complexity index is 2330. The summed E-state index contributed by atoms with van der Waals surface area (Å²) in [6.45, 7) is 2.42. The molecule has 0 rings (SSSR count). The molecule has 0 saturated carbocycles. The highest BCUT2D eigenvalue weighted by Crippen LogP contribution is 2.45. The fourth-order valence-corrected chi connectivity index (χ4v) is 11.6. The van der Waals surface area contributed by atoms with Crippen molar-refractivity contribution >= 4 is 33.6 Å². The maximum Gasteiger partial charge on any atom is 0.472 e. The van der Waals surface area contributed by atoms with Gasteiger partial charge in [-0.1, -0.05) is 283 Å². The summed E-state index contributed by atoms with van der Waals surface area (Å²) in [6.07, 6.45) is 88.1. The van der Waals surface area contributed by atoms with Crippen molar-refractivity contribution in [3.8, 4) is 0 Å². The molecule has 99 heavy (non-hydrogen) atoms. The van der Waals surface area contributed by atoms with Crippen LogP contribution in [0.4, 0.5) is 0 Å². The summed E-state index contributed by atoms with van der Waals surface area (Å²) in [4.78, 5) is 58.5. The highest BCUT2D eigenvalue weighted by atomic mass is 31.2. The summed E-state index contributed by atoms with van der Waals surface area (Å²) in [5, 5.41) is 20.6. The van der Waals surface area contributed by atoms with Gasteiger partial charge in [0.05, 0.1) is 26.4 Å². The first-order valence-corrected chi connectivity index (χ1v) is 41.5. The topological polar surface area (TPSA) is 231 Å². The Morgan fingerprint density at radius 3 is 0.889 bits per heavy atom. The van der Waals surface area contributed by atoms with Crippen molar-refractivity contribution in [2.24, 2.45) is 0 Å². The molecule has 0 aliphatic rings. The van der Waals surface area contributed by atoms with Crippen LogP contribution in [0.2, 0.25) is 0 Å². The molecule has 5 atom stereocenters. The van der Waals surface area contributed by atoms with Crippen molar-refractivity contribution in [2.45, 2.75) is 322 Å². The maximum atomic E-state index is 12.9. The van der Waals surface area contributed by atoms with Gasteiger partial charge in [-0.15, -0.1) is 0 Å². The summed E-state index contributed by atoms with van der Waals surface area (Å²) in [5.74, 6) is -1.66. The van der Waals surface area contributed by atoms with Gasteiger partial charge >= 0.3 is 33.6 Å². The number of hydrogen-bond acceptors (Lipinski definition) is 14. The number of aliphatic hydroxyl groups excluding tert-OH is 2. The van der Waals surface area contributed by atoms with Crippen molar-refractivity contribution in [1.82, 2.24) is 0 Å². The van der Waals surface area contributed by atoms with Crippen LogP contribution >= 0.6 is 15.6 Å². The van der Waals surface area contributed by atoms with E-state index in [1.807, 2.05) is 12.2 Å². The molecule has 18 heteroatoms. The number of hydrogen-bond donors (Lipinski definition) is 4. The van der Waals surface area contributed by atoms with Gasteiger partial charge in [0.2, 0.25) is 0 Å². The molecule has 0 aliphatic carbocycles. The molecule has 0 bridgehead atoms. The molecule has 0 aromatic rings. The van der Waals surface area contributed by atoms with Crippen LogP contribution in [-0.4, -0.2) is 95.9 Å². The Morgan fingerprint density at radius 2 is 0.545 bits per heavy atom. The Hall–Kier alpha value is -4.31. The highest BCUT2D eigenvalue weighted by Gasteiger charge is 2.29. The summed E-state index contributed by atoms with van der Waals surface area (Å²) in [5.41, 5.74) is 0. The molecule has 0 radical (unpaired) electrons. The van der Waals surface area contributed by atoms with Gasteiger partial charge in [-0.2, -0.15) is 0 Å². The fourth-order valence-electron chi connectivity index (χ4n) is 9.97. The lowest BCUT2D eigenvalue weighted by Crippen LogP contribution is -2.30. The number of unbranched alkanes of at least 4 members (excludes halogenated alkanes) is 27. The van der Waals surface area contributed by atoms with Gasteiger partial charge in [0.25, 0.3) is 0 Å². The Kier molecular flexibility index (Phi) is 70.2. The lowest BCUT2D eigenvalue weighted by Gasteiger charge is -2.21. The fraction of sp³-hybridized carbons (Fsp3) is 0.691. The van der Waals surface area contributed by atoms with Gasteiger partial charge in [-0.25, -0.2) is 9.13 Å². The number of phosphoric ester groups is 2. The minimum Gasteiger partial charge on any atom is -0.463 e. The van der Waals surface area contributed by atoms with E-state index in [-0.39, 0.29) is 19.3 Å². The molecular formula is C81H138O16P2. The molecule has 0 heterocycles. The zero-order valence-electron chi connectivity index (χ0n) is 61.9. The monoisotopic (exact) mass is 1430 g/mol. The van der Waals surface area contributed by atoms with E-state index in [1.165, 1.54) is 122 Å². The van der Waals surface area contributed by atoms with Crippen LogP contribution in [0.3, 0.4) is 0 Å². The SMILES string of the molecule is CC/C=C\C/C=C\C/C=C\C/C=C\C/C=C\CCCC(=O)OCC(COP(=O)(O)OCC(O)COP(=O)(O)OCC(O)COC(=O)CCCCCCCCCCCCCCCCC/C=C\C/C=C\C/C=C\C/C=C\CCCCC)OC(=O)CCCCCCC/C=C\C/C=C\CCCCC. The van der Waals surface area contributed by atoms with Gasteiger partial charge < -0.3 is 34.2 Å². The number of aliphatic hydroxyl groups is 2. The third-order valence-corrected chi connectivity index (χ3v) is 17.7. The molecule has 0 saturated heterocycles. The first kappa shape index (κ1) is 94.7. The molecule has 0 spiro atoms. The second-order valence-corrected chi connectivity index (χ2v) is 28.3. The quantitative estimate of drug-likeness (QED) is 0.0146. The summed E-state index contributed by atoms with van der Waals surface area (Å²) in [7, 11) is -9.81. The van der Waals surface area contributed by atoms with Gasteiger partial charge in [0, 0.05) is 19.3 Å². The van der Waals surface area contributed by atoms with E-state index >= 15 is 0 Å². The standard InChI is InChI=1S/C81H138O16P2/c1-4-7-10-13-16-19-22-25-28-30-31-32-33-34-35-36-37-38-39-40-41-42-43-45-48-49-52-55-58-61-64-67-79(84)91-70-76(82)71-93-98(87,88)94-72-77(83)73-95-99(89,90)96-75-78(97-81(86)69-66-63-60-57-54-51-46-27-24-21-18-15-12-9-6-3)74-92-80(85)68-65-62-59-56-53-50-47-44-29-26-23-20-17-14-11-8-5-2/h8,11,16-21,25-29,31-32,34-35,46-47,50,56,59,76-78,82-83H,4-7,9-10,12-15,22-24,30,33,36-45,48-49,51-55,57-58,60-75H2,1-3H3,(H,87,88)(H,89,90)/b11-8-,19-16-,20-17-,21-18-,28-25-,29-26-,32-31-,35-34-,46-27-,50-47-,59-56-. The van der Waals surface area contributed by atoms with Crippen molar-refractivity contribution in [3.63, 3.8) is 0 Å². The number of carbonyl (C=O) groups is 3. The number of allylic oxidation sites excluding steroid dienone is 22. The first-order chi connectivity index (χ1) is 48.2. The zero-order chi connectivity index (χ0) is 72.3. The molecule has 0 fully saturated rings. The van der Waals surface area contributed by atoms with E-state index in [0.29, 0.717) is 25.7 Å². The Morgan fingerprint density at radius 1 is 0.293 bits per heavy atom. The average Bonchev–Trinajstić information content (AvgIpc) is 1.11. The summed E-state index contributed by atoms with van der Waals surface area (Å²) >= 11 is 0. The van der Waals surface area contributed by atoms with E-state index in [1.54, 1.807) is 0 Å². The van der Waals surface area contributed by atoms with Crippen LogP contribution in [0.5, 0.6) is 0 Å². The van der Waals surface area contributed by atoms with E-state index < -0.39 is 91.5 Å². The maximum absolute atomic E-state index is 12.9. The van der Waals surface area contributed by atoms with Gasteiger partial charge in [-0.3, -0.25) is 32.5 Å². The second-order valence-electron chi connectivity index (χ2n) is 25.4. The van der Waals surface area contributed by atoms with E-state index in [9.17, 15) is 43.5 Å². The zero-order valence-corrected chi connectivity index (χ0v) is 63.7. The van der Waals surface area contributed by atoms with Gasteiger partial charge in [0.1, 0.15) is 25.4 Å². The van der Waals surface area contributed by atoms with Crippen LogP contribution in [0.1, 0.15) is 303 Å². The minimum atomic E-state index is -4.95. The first-order valence-electron chi connectivity index (χ1n) is 38.5. The summed E-state index contributed by atoms with van der Waals surface area (Å²) in [6, 6.07) is 0. The molecule has 5 unspecified atom stereocenters. The van der Waals surface area contributed by atoms with E-state index in [2.05, 4.69) is 142 Å². The third-order valence-electron chi connectivity index (χ3n) is 15.8. The van der Waals surface area contributed by atoms with Crippen molar-refractivity contribution in [1.29, 1.82) is 0 Å². The highest BCUT2D eigenvalue weighted by molar-refractivity contribution is 7.47. The third kappa shape index (κ3) is 74.7. The summed E-state index contributed by atoms with van der Waals surface area (Å²) < 4.78 is 61.0. The number of carbonyl (C=O) groups excluding carboxylic acids is 3. The Balaban J connectivity index is 4.50. The normalized spacial score (nSPS) is 14.8. The van der Waals surface area contributed by atoms with Gasteiger partial charge in [-0.05, 0) is 135 Å². The van der Waals surface area contributed by atoms with Crippen LogP contribution in [0, 0.1) is 0 Å². The number of phosphoric acid groups is 2. The predicted octanol–water partition coefficient (Wildman–Crippen LogP) is 22.3. The number of esters is 3. The molecule has 16 nitrogen and oxygen atoms in total. The number of rotatable bonds is 72. The molecule has 0 aromatic carbocycles. The largest absolute Gasteiger partial charge is 0.472 e. The lowest BCUT2D eigenvalue weighted by molar-refractivity contribution is -0.161. The molecular weight excluding hydrogens is 1290 g/mol. The van der Waals surface area contributed by atoms with Crippen molar-refractivity contribution in [2.75, 3.05) is 39.6 Å². The van der Waals surface area contributed by atoms with Crippen LogP contribution in [-0.2, 0) is 55.8 Å². The van der Waals surface area contributed by atoms with E-state index in [0.717, 1.165) is 116 Å². The Labute approximate surface area is 601 Å². The lowest BCUT2D eigenvalue weighted by atomic mass is 10.0. The molecule has 568 valence electrons. The van der Waals surface area contributed by atoms with Crippen LogP contribution in [0.15, 0.2) is 134 Å². The number of ether oxygens (including phenoxy) is 3. The molecule has 0 amide bonds. The smallest absolute Gasteiger partial charge is 0.463 e. The van der Waals surface area contributed by atoms with Crippen LogP contribution < -0.4 is 0 Å². The van der Waals surface area contributed by atoms with Gasteiger partial charge in [0.15, 0.2) is 6.10 Å². The molecule has 0 aromatic heterocycles. The molecule has 0 aliphatic heterocycles. The predicted molar refractivity (Wildman–Crippen MR) is 408 cm³/mol. The van der Waals surface area contributed by atoms with E-state index in [4.69, 9.17) is 32.3 Å². The van der Waals surface area contributed by atoms with Crippen molar-refractivity contribution < 1.29 is 75.8 Å². The van der Waals surface area contributed by atoms with Crippen LogP contribution in [0.25, 0.3) is 0 Å². The average molecular weight is 1430 g/mol. The van der Waals surface area contributed by atoms with Crippen molar-refractivity contribution in [3.05, 3.63) is 134 Å². The minimum absolute atomic E-state index is 0.0734.